The molecule has 0 saturated carbocycles. The minimum absolute atomic E-state index is 0.254. The van der Waals surface area contributed by atoms with E-state index in [-0.39, 0.29) is 6.09 Å². The lowest BCUT2D eigenvalue weighted by Crippen LogP contribution is -2.48. The Morgan fingerprint density at radius 2 is 1.41 bits per heavy atom. The first kappa shape index (κ1) is 18.9. The summed E-state index contributed by atoms with van der Waals surface area (Å²) in [5, 5.41) is 2.26. The first-order chi connectivity index (χ1) is 10.0. The molecule has 1 rings (SSSR count). The average Bonchev–Trinajstić information content (AvgIpc) is 2.37. The summed E-state index contributed by atoms with van der Waals surface area (Å²) in [5.41, 5.74) is 0. The van der Waals surface area contributed by atoms with Gasteiger partial charge in [-0.2, -0.15) is 0 Å². The van der Waals surface area contributed by atoms with Crippen LogP contribution in [-0.2, 0) is 0 Å². The van der Waals surface area contributed by atoms with Crippen LogP contribution in [0.25, 0.3) is 0 Å². The summed E-state index contributed by atoms with van der Waals surface area (Å²) in [6.07, 6.45) is 3.52. The van der Waals surface area contributed by atoms with Crippen LogP contribution in [0.4, 0.5) is 4.79 Å². The molecule has 0 aromatic carbocycles. The summed E-state index contributed by atoms with van der Waals surface area (Å²) in [5.74, 6) is 0.783. The van der Waals surface area contributed by atoms with Crippen molar-refractivity contribution >= 4 is 32.6 Å². The number of carbonyl (C=O) groups excluding carboxylic acids is 1. The minimum Gasteiger partial charge on any atom is -0.410 e. The van der Waals surface area contributed by atoms with Gasteiger partial charge in [0.15, 0.2) is 0 Å². The third kappa shape index (κ3) is 4.42. The first-order valence-corrected chi connectivity index (χ1v) is 15.0. The number of carbonyl (C=O) groups is 1. The van der Waals surface area contributed by atoms with E-state index in [1.807, 2.05) is 26.2 Å². The predicted octanol–water partition coefficient (Wildman–Crippen LogP) is 3.01. The molecule has 0 aliphatic rings. The quantitative estimate of drug-likeness (QED) is 0.775. The van der Waals surface area contributed by atoms with Crippen molar-refractivity contribution in [1.29, 1.82) is 0 Å². The predicted molar refractivity (Wildman–Crippen MR) is 99.1 cm³/mol. The molecule has 124 valence electrons. The molecule has 0 aliphatic heterocycles. The summed E-state index contributed by atoms with van der Waals surface area (Å²) < 4.78 is 5.89. The molecule has 0 fully saturated rings. The molecule has 0 spiro atoms. The number of rotatable bonds is 5. The van der Waals surface area contributed by atoms with Gasteiger partial charge in [0.1, 0.15) is 5.75 Å². The molecule has 4 nitrogen and oxygen atoms in total. The lowest BCUT2D eigenvalue weighted by molar-refractivity contribution is 0.158. The maximum Gasteiger partial charge on any atom is 0.415 e. The zero-order chi connectivity index (χ0) is 17.1. The van der Waals surface area contributed by atoms with Gasteiger partial charge in [0.25, 0.3) is 0 Å². The van der Waals surface area contributed by atoms with Gasteiger partial charge in [0.2, 0.25) is 0 Å². The number of amides is 1. The lowest BCUT2D eigenvalue weighted by atomic mass is 10.4. The zero-order valence-corrected chi connectivity index (χ0v) is 17.3. The largest absolute Gasteiger partial charge is 0.415 e. The number of hydrogen-bond donors (Lipinski definition) is 0. The molecule has 6 heteroatoms. The standard InChI is InChI=1S/C16H30N2O2Si2/c1-9-18(10-2)16(19)20-15-13(21(3,4)5)11-17-12-14(15)22(6,7)8/h11-12H,9-10H2,1-8H3. The van der Waals surface area contributed by atoms with Gasteiger partial charge in [-0.25, -0.2) is 4.79 Å². The molecular formula is C16H30N2O2Si2. The van der Waals surface area contributed by atoms with Crippen LogP contribution in [0.15, 0.2) is 12.4 Å². The van der Waals surface area contributed by atoms with Crippen molar-refractivity contribution in [3.8, 4) is 5.75 Å². The lowest BCUT2D eigenvalue weighted by Gasteiger charge is -2.28. The number of nitrogens with zero attached hydrogens (tertiary/aromatic N) is 2. The summed E-state index contributed by atoms with van der Waals surface area (Å²) >= 11 is 0. The van der Waals surface area contributed by atoms with Crippen LogP contribution >= 0.6 is 0 Å². The van der Waals surface area contributed by atoms with Crippen LogP contribution in [0.2, 0.25) is 39.3 Å². The smallest absolute Gasteiger partial charge is 0.410 e. The number of ether oxygens (including phenoxy) is 1. The Hall–Kier alpha value is -1.15. The van der Waals surface area contributed by atoms with Gasteiger partial charge in [0, 0.05) is 25.5 Å². The fourth-order valence-electron chi connectivity index (χ4n) is 2.26. The van der Waals surface area contributed by atoms with Crippen molar-refractivity contribution < 1.29 is 9.53 Å². The summed E-state index contributed by atoms with van der Waals surface area (Å²) in [6, 6.07) is 0. The number of aromatic nitrogens is 1. The van der Waals surface area contributed by atoms with Gasteiger partial charge in [-0.3, -0.25) is 4.98 Å². The van der Waals surface area contributed by atoms with Crippen molar-refractivity contribution in [3.05, 3.63) is 12.4 Å². The van der Waals surface area contributed by atoms with E-state index in [2.05, 4.69) is 44.3 Å². The Morgan fingerprint density at radius 3 is 1.73 bits per heavy atom. The zero-order valence-electron chi connectivity index (χ0n) is 15.3. The molecule has 1 aromatic heterocycles. The summed E-state index contributed by atoms with van der Waals surface area (Å²) in [4.78, 5) is 18.6. The molecule has 22 heavy (non-hydrogen) atoms. The van der Waals surface area contributed by atoms with Gasteiger partial charge in [-0.15, -0.1) is 0 Å². The van der Waals surface area contributed by atoms with Gasteiger partial charge < -0.3 is 9.64 Å². The highest BCUT2D eigenvalue weighted by atomic mass is 28.3. The Balaban J connectivity index is 3.39. The fraction of sp³-hybridized carbons (Fsp3) is 0.625. The van der Waals surface area contributed by atoms with E-state index in [0.717, 1.165) is 16.1 Å². The topological polar surface area (TPSA) is 42.4 Å². The van der Waals surface area contributed by atoms with E-state index >= 15 is 0 Å². The van der Waals surface area contributed by atoms with Crippen molar-refractivity contribution in [1.82, 2.24) is 9.88 Å². The molecule has 0 saturated heterocycles. The Labute approximate surface area is 136 Å². The molecule has 1 aromatic rings. The first-order valence-electron chi connectivity index (χ1n) is 7.98. The SMILES string of the molecule is CCN(CC)C(=O)Oc1c([Si](C)(C)C)cncc1[Si](C)(C)C. The van der Waals surface area contributed by atoms with Gasteiger partial charge >= 0.3 is 6.09 Å². The van der Waals surface area contributed by atoms with E-state index in [9.17, 15) is 4.79 Å². The van der Waals surface area contributed by atoms with Crippen molar-refractivity contribution in [2.24, 2.45) is 0 Å². The second-order valence-electron chi connectivity index (χ2n) is 7.60. The van der Waals surface area contributed by atoms with Crippen molar-refractivity contribution in [2.75, 3.05) is 13.1 Å². The molecule has 0 aliphatic carbocycles. The van der Waals surface area contributed by atoms with Crippen molar-refractivity contribution in [2.45, 2.75) is 53.1 Å². The van der Waals surface area contributed by atoms with E-state index < -0.39 is 16.1 Å². The monoisotopic (exact) mass is 338 g/mol. The van der Waals surface area contributed by atoms with Crippen LogP contribution < -0.4 is 15.1 Å². The third-order valence-corrected chi connectivity index (χ3v) is 7.67. The Morgan fingerprint density at radius 1 is 1.00 bits per heavy atom. The summed E-state index contributed by atoms with van der Waals surface area (Å²) in [7, 11) is -3.29. The second-order valence-corrected chi connectivity index (χ2v) is 17.7. The maximum absolute atomic E-state index is 12.4. The Bertz CT molecular complexity index is 498. The normalized spacial score (nSPS) is 12.2. The number of pyridine rings is 1. The van der Waals surface area contributed by atoms with Crippen LogP contribution in [0.3, 0.4) is 0 Å². The number of hydrogen-bond acceptors (Lipinski definition) is 3. The van der Waals surface area contributed by atoms with Crippen molar-refractivity contribution in [3.63, 3.8) is 0 Å². The van der Waals surface area contributed by atoms with E-state index in [1.165, 1.54) is 0 Å². The van der Waals surface area contributed by atoms with E-state index in [1.54, 1.807) is 4.90 Å². The molecule has 1 heterocycles. The maximum atomic E-state index is 12.4. The van der Waals surface area contributed by atoms with Crippen LogP contribution in [0.1, 0.15) is 13.8 Å². The van der Waals surface area contributed by atoms with Crippen LogP contribution in [0, 0.1) is 0 Å². The molecule has 0 atom stereocenters. The Kier molecular flexibility index (Phi) is 5.98. The van der Waals surface area contributed by atoms with E-state index in [4.69, 9.17) is 4.74 Å². The highest BCUT2D eigenvalue weighted by molar-refractivity contribution is 6.92. The van der Waals surface area contributed by atoms with Gasteiger partial charge in [-0.1, -0.05) is 39.3 Å². The fourth-order valence-corrected chi connectivity index (χ4v) is 5.04. The minimum atomic E-state index is -1.65. The molecular weight excluding hydrogens is 308 g/mol. The molecule has 0 N–H and O–H groups in total. The van der Waals surface area contributed by atoms with Crippen LogP contribution in [0.5, 0.6) is 5.75 Å². The third-order valence-electron chi connectivity index (χ3n) is 3.72. The van der Waals surface area contributed by atoms with Gasteiger partial charge in [0.05, 0.1) is 16.1 Å². The molecule has 0 unspecified atom stereocenters. The van der Waals surface area contributed by atoms with E-state index in [0.29, 0.717) is 13.1 Å². The second kappa shape index (κ2) is 6.96. The average molecular weight is 339 g/mol. The molecule has 0 radical (unpaired) electrons. The van der Waals surface area contributed by atoms with Crippen LogP contribution in [-0.4, -0.2) is 45.2 Å². The molecule has 0 bridgehead atoms. The highest BCUT2D eigenvalue weighted by Gasteiger charge is 2.31. The molecule has 1 amide bonds. The summed E-state index contributed by atoms with van der Waals surface area (Å²) in [6.45, 7) is 18.8. The highest BCUT2D eigenvalue weighted by Crippen LogP contribution is 2.17. The van der Waals surface area contributed by atoms with Gasteiger partial charge in [-0.05, 0) is 24.2 Å².